The van der Waals surface area contributed by atoms with Gasteiger partial charge in [0.15, 0.2) is 26.0 Å². The summed E-state index contributed by atoms with van der Waals surface area (Å²) in [6.45, 7) is 12.0. The SMILES string of the molecule is CCCCOc1c(Br)c(C=O)c(F)c2c1C(O)=C1C(=O)[C@]3(O[Si](C)(C)C(C)(C)C)C(=O)c4c(o[nH]c4=O)[C@@H](N(C)C)[C@@H]3C[C@@H]1C2. The molecule has 2 N–H and O–H groups in total. The summed E-state index contributed by atoms with van der Waals surface area (Å²) in [5.74, 6) is -4.31. The molecule has 13 heteroatoms. The minimum absolute atomic E-state index is 0.0276. The highest BCUT2D eigenvalue weighted by atomic mass is 79.9. The predicted molar refractivity (Wildman–Crippen MR) is 171 cm³/mol. The molecule has 5 rings (SSSR count). The van der Waals surface area contributed by atoms with Crippen molar-refractivity contribution in [2.45, 2.75) is 83.2 Å². The molecule has 1 aromatic heterocycles. The lowest BCUT2D eigenvalue weighted by Gasteiger charge is -2.55. The first-order valence-electron chi connectivity index (χ1n) is 15.2. The molecule has 3 aliphatic rings. The van der Waals surface area contributed by atoms with Crippen LogP contribution in [0.1, 0.15) is 90.6 Å². The standard InChI is InChI=1S/C32H40BrFN2O8Si/c1-9-10-11-42-26-20-16(23(34)17(14-37)22(26)33)12-15-13-18-24(36(5)6)27-21(30(41)35-43-27)29(40)32(18,28(39)19(15)25(20)38)44-45(7,8)31(2,3)4/h14-15,18,24,38H,9-13H2,1-8H3,(H,35,41)/t15-,18-,24-,32-/m0/s1. The highest BCUT2D eigenvalue weighted by Gasteiger charge is 2.68. The number of benzene rings is 1. The number of aliphatic hydroxyl groups is 1. The number of fused-ring (bicyclic) bond motifs is 4. The second kappa shape index (κ2) is 11.4. The zero-order chi connectivity index (χ0) is 33.4. The Labute approximate surface area is 270 Å². The Morgan fingerprint density at radius 2 is 1.87 bits per heavy atom. The first-order chi connectivity index (χ1) is 21.0. The summed E-state index contributed by atoms with van der Waals surface area (Å²) in [6, 6.07) is -0.733. The van der Waals surface area contributed by atoms with E-state index in [9.17, 15) is 19.5 Å². The monoisotopic (exact) mass is 706 g/mol. The third kappa shape index (κ3) is 4.83. The van der Waals surface area contributed by atoms with Crippen molar-refractivity contribution in [3.63, 3.8) is 0 Å². The number of nitrogens with zero attached hydrogens (tertiary/aromatic N) is 1. The lowest BCUT2D eigenvalue weighted by Crippen LogP contribution is -2.68. The summed E-state index contributed by atoms with van der Waals surface area (Å²) in [5, 5.41) is 13.8. The Morgan fingerprint density at radius 3 is 2.44 bits per heavy atom. The van der Waals surface area contributed by atoms with E-state index in [1.807, 2.05) is 40.8 Å². The molecule has 1 fully saturated rings. The second-order valence-electron chi connectivity index (χ2n) is 14.0. The average molecular weight is 708 g/mol. The third-order valence-corrected chi connectivity index (χ3v) is 15.3. The van der Waals surface area contributed by atoms with Gasteiger partial charge in [-0.15, -0.1) is 0 Å². The van der Waals surface area contributed by atoms with Crippen molar-refractivity contribution in [3.05, 3.63) is 54.2 Å². The van der Waals surface area contributed by atoms with E-state index < -0.39 is 65.5 Å². The minimum Gasteiger partial charge on any atom is -0.507 e. The number of carbonyl (C=O) groups is 3. The van der Waals surface area contributed by atoms with Gasteiger partial charge in [0.1, 0.15) is 22.9 Å². The van der Waals surface area contributed by atoms with Crippen LogP contribution in [0.5, 0.6) is 5.75 Å². The number of unbranched alkanes of at least 4 members (excludes halogenated alkanes) is 1. The molecule has 244 valence electrons. The first kappa shape index (κ1) is 33.5. The highest BCUT2D eigenvalue weighted by molar-refractivity contribution is 9.10. The van der Waals surface area contributed by atoms with E-state index in [0.717, 1.165) is 6.42 Å². The molecule has 45 heavy (non-hydrogen) atoms. The van der Waals surface area contributed by atoms with E-state index in [4.69, 9.17) is 13.7 Å². The molecule has 1 heterocycles. The van der Waals surface area contributed by atoms with Crippen LogP contribution < -0.4 is 10.3 Å². The summed E-state index contributed by atoms with van der Waals surface area (Å²) in [6.07, 6.45) is 1.94. The van der Waals surface area contributed by atoms with Gasteiger partial charge in [-0.2, -0.15) is 5.16 Å². The lowest BCUT2D eigenvalue weighted by atomic mass is 9.57. The van der Waals surface area contributed by atoms with E-state index in [1.165, 1.54) is 0 Å². The zero-order valence-electron chi connectivity index (χ0n) is 26.9. The predicted octanol–water partition coefficient (Wildman–Crippen LogP) is 6.15. The molecule has 0 bridgehead atoms. The van der Waals surface area contributed by atoms with E-state index in [-0.39, 0.29) is 63.3 Å². The topological polar surface area (TPSA) is 139 Å². The van der Waals surface area contributed by atoms with Crippen LogP contribution in [-0.2, 0) is 15.6 Å². The average Bonchev–Trinajstić information content (AvgIpc) is 3.32. The molecule has 0 unspecified atom stereocenters. The van der Waals surface area contributed by atoms with Crippen LogP contribution >= 0.6 is 15.9 Å². The van der Waals surface area contributed by atoms with Gasteiger partial charge in [-0.05, 0) is 73.3 Å². The van der Waals surface area contributed by atoms with Crippen LogP contribution in [0.2, 0.25) is 18.1 Å². The molecule has 0 amide bonds. The van der Waals surface area contributed by atoms with E-state index >= 15 is 9.18 Å². The molecular weight excluding hydrogens is 667 g/mol. The number of halogens is 2. The maximum Gasteiger partial charge on any atom is 0.291 e. The number of hydrogen-bond acceptors (Lipinski definition) is 9. The summed E-state index contributed by atoms with van der Waals surface area (Å²) in [5.41, 5.74) is -3.48. The number of aromatic nitrogens is 1. The Kier molecular flexibility index (Phi) is 8.50. The third-order valence-electron chi connectivity index (χ3n) is 10.0. The van der Waals surface area contributed by atoms with Crippen LogP contribution in [0.4, 0.5) is 4.39 Å². The van der Waals surface area contributed by atoms with Gasteiger partial charge in [0.05, 0.1) is 28.2 Å². The van der Waals surface area contributed by atoms with Crippen LogP contribution in [0.25, 0.3) is 5.76 Å². The van der Waals surface area contributed by atoms with Crippen LogP contribution in [0, 0.1) is 17.7 Å². The zero-order valence-corrected chi connectivity index (χ0v) is 29.4. The minimum atomic E-state index is -2.93. The van der Waals surface area contributed by atoms with E-state index in [2.05, 4.69) is 21.1 Å². The van der Waals surface area contributed by atoms with Crippen LogP contribution in [0.15, 0.2) is 19.4 Å². The number of Topliss-reactive ketones (excluding diaryl/α,β-unsaturated/α-hetero) is 2. The number of H-pyrrole nitrogens is 1. The summed E-state index contributed by atoms with van der Waals surface area (Å²) >= 11 is 3.29. The molecule has 1 saturated carbocycles. The molecule has 0 spiro atoms. The van der Waals surface area contributed by atoms with Gasteiger partial charge in [-0.1, -0.05) is 34.1 Å². The summed E-state index contributed by atoms with van der Waals surface area (Å²) in [7, 11) is 0.583. The second-order valence-corrected chi connectivity index (χ2v) is 19.5. The molecule has 1 aromatic carbocycles. The fraction of sp³-hybridized carbons (Fsp3) is 0.562. The number of nitrogens with one attached hydrogen (secondary N) is 1. The number of aromatic amines is 1. The number of ether oxygens (including phenoxy) is 1. The van der Waals surface area contributed by atoms with Gasteiger partial charge in [0.2, 0.25) is 11.6 Å². The molecule has 4 atom stereocenters. The summed E-state index contributed by atoms with van der Waals surface area (Å²) < 4.78 is 34.5. The highest BCUT2D eigenvalue weighted by Crippen LogP contribution is 2.58. The smallest absolute Gasteiger partial charge is 0.291 e. The van der Waals surface area contributed by atoms with Crippen molar-refractivity contribution in [2.75, 3.05) is 20.7 Å². The Hall–Kier alpha value is -2.87. The molecule has 0 aliphatic heterocycles. The fourth-order valence-corrected chi connectivity index (χ4v) is 8.83. The van der Waals surface area contributed by atoms with Crippen molar-refractivity contribution < 1.29 is 37.6 Å². The van der Waals surface area contributed by atoms with Crippen molar-refractivity contribution in [2.24, 2.45) is 11.8 Å². The normalized spacial score (nSPS) is 24.7. The molecule has 2 aromatic rings. The quantitative estimate of drug-likeness (QED) is 0.143. The molecule has 10 nitrogen and oxygen atoms in total. The molecule has 3 aliphatic carbocycles. The van der Waals surface area contributed by atoms with Gasteiger partial charge in [0, 0.05) is 17.1 Å². The number of aliphatic hydroxyl groups excluding tert-OH is 1. The van der Waals surface area contributed by atoms with Crippen molar-refractivity contribution in [1.29, 1.82) is 0 Å². The number of rotatable bonds is 8. The molecule has 0 saturated heterocycles. The molecule has 0 radical (unpaired) electrons. The number of ketones is 2. The largest absolute Gasteiger partial charge is 0.507 e. The number of aldehydes is 1. The maximum atomic E-state index is 16.0. The van der Waals surface area contributed by atoms with E-state index in [1.54, 1.807) is 19.0 Å². The van der Waals surface area contributed by atoms with Gasteiger partial charge in [0.25, 0.3) is 5.56 Å². The van der Waals surface area contributed by atoms with Gasteiger partial charge >= 0.3 is 0 Å². The lowest BCUT2D eigenvalue weighted by molar-refractivity contribution is -0.140. The van der Waals surface area contributed by atoms with Crippen LogP contribution in [0.3, 0.4) is 0 Å². The van der Waals surface area contributed by atoms with Gasteiger partial charge in [-0.25, -0.2) is 4.39 Å². The summed E-state index contributed by atoms with van der Waals surface area (Å²) in [4.78, 5) is 56.6. The van der Waals surface area contributed by atoms with Crippen LogP contribution in [-0.4, -0.2) is 67.6 Å². The Balaban J connectivity index is 1.83. The van der Waals surface area contributed by atoms with Crippen molar-refractivity contribution >= 4 is 47.9 Å². The number of hydrogen-bond donors (Lipinski definition) is 2. The fourth-order valence-electron chi connectivity index (χ4n) is 6.80. The van der Waals surface area contributed by atoms with Crippen molar-refractivity contribution in [1.82, 2.24) is 10.1 Å². The Bertz CT molecular complexity index is 1690. The maximum absolute atomic E-state index is 16.0. The Morgan fingerprint density at radius 1 is 1.20 bits per heavy atom. The first-order valence-corrected chi connectivity index (χ1v) is 18.9. The van der Waals surface area contributed by atoms with E-state index in [0.29, 0.717) is 12.7 Å². The number of carbonyl (C=O) groups excluding carboxylic acids is 3. The van der Waals surface area contributed by atoms with Gasteiger partial charge in [-0.3, -0.25) is 24.1 Å². The van der Waals surface area contributed by atoms with Gasteiger partial charge < -0.3 is 18.8 Å². The van der Waals surface area contributed by atoms with Crippen molar-refractivity contribution in [3.8, 4) is 5.75 Å². The molecular formula is C32H40BrFN2O8Si.